The molecular weight excluding hydrogens is 781 g/mol. The lowest BCUT2D eigenvalue weighted by Crippen LogP contribution is -2.45. The smallest absolute Gasteiger partial charge is 0.341 e. The number of aromatic nitrogens is 4. The lowest BCUT2D eigenvalue weighted by molar-refractivity contribution is -0.00187. The van der Waals surface area contributed by atoms with Crippen molar-refractivity contribution in [3.63, 3.8) is 0 Å². The Kier molecular flexibility index (Phi) is 16.7. The Morgan fingerprint density at radius 2 is 1.50 bits per heavy atom. The molecule has 2 fully saturated rings. The Labute approximate surface area is 340 Å². The SMILES string of the molecule is C#CCOCCOCCOCCOCCOc1ccc(C2CN(c3nc(Cl)nc4c3cnn4C3CCC(CSCP(=O)(OC(C)(C)C)OC(C)(C)C)O3)C2)cc1. The fourth-order valence-electron chi connectivity index (χ4n) is 6.24. The highest BCUT2D eigenvalue weighted by Crippen LogP contribution is 2.56. The highest BCUT2D eigenvalue weighted by atomic mass is 35.5. The predicted octanol–water partition coefficient (Wildman–Crippen LogP) is 7.35. The number of anilines is 1. The first-order valence-corrected chi connectivity index (χ1v) is 22.3. The molecule has 0 saturated carbocycles. The zero-order valence-corrected chi connectivity index (χ0v) is 35.9. The highest BCUT2D eigenvalue weighted by Gasteiger charge is 2.37. The van der Waals surface area contributed by atoms with Crippen LogP contribution in [0.5, 0.6) is 5.75 Å². The van der Waals surface area contributed by atoms with Gasteiger partial charge in [-0.15, -0.1) is 18.2 Å². The first kappa shape index (κ1) is 44.6. The fraction of sp³-hybridized carbons (Fsp3) is 0.667. The maximum Gasteiger partial charge on any atom is 0.341 e. The third kappa shape index (κ3) is 14.1. The van der Waals surface area contributed by atoms with Crippen molar-refractivity contribution in [2.75, 3.05) is 88.7 Å². The van der Waals surface area contributed by atoms with Crippen molar-refractivity contribution in [1.82, 2.24) is 19.7 Å². The fourth-order valence-corrected chi connectivity index (χ4v) is 10.3. The number of terminal acetylenes is 1. The van der Waals surface area contributed by atoms with Crippen molar-refractivity contribution in [1.29, 1.82) is 0 Å². The second-order valence-corrected chi connectivity index (χ2v) is 19.3. The minimum Gasteiger partial charge on any atom is -0.491 e. The average molecular weight is 838 g/mol. The molecule has 0 amide bonds. The molecule has 56 heavy (non-hydrogen) atoms. The van der Waals surface area contributed by atoms with E-state index in [0.717, 1.165) is 42.9 Å². The molecule has 1 aromatic carbocycles. The van der Waals surface area contributed by atoms with Crippen molar-refractivity contribution in [3.8, 4) is 18.1 Å². The molecule has 4 heterocycles. The van der Waals surface area contributed by atoms with Crippen molar-refractivity contribution >= 4 is 47.8 Å². The molecule has 2 saturated heterocycles. The van der Waals surface area contributed by atoms with Crippen molar-refractivity contribution in [2.45, 2.75) is 83.8 Å². The summed E-state index contributed by atoms with van der Waals surface area (Å²) in [5.41, 5.74) is 0.932. The molecule has 310 valence electrons. The second-order valence-electron chi connectivity index (χ2n) is 15.6. The molecule has 2 atom stereocenters. The minimum absolute atomic E-state index is 0.0427. The summed E-state index contributed by atoms with van der Waals surface area (Å²) in [5.74, 6) is 4.96. The zero-order chi connectivity index (χ0) is 40.2. The monoisotopic (exact) mass is 837 g/mol. The van der Waals surface area contributed by atoms with E-state index < -0.39 is 18.8 Å². The van der Waals surface area contributed by atoms with Crippen LogP contribution < -0.4 is 9.64 Å². The van der Waals surface area contributed by atoms with Crippen LogP contribution in [0.1, 0.15) is 72.1 Å². The van der Waals surface area contributed by atoms with E-state index in [9.17, 15) is 4.57 Å². The first-order chi connectivity index (χ1) is 26.7. The van der Waals surface area contributed by atoms with Gasteiger partial charge in [-0.1, -0.05) is 18.1 Å². The van der Waals surface area contributed by atoms with Gasteiger partial charge < -0.3 is 42.4 Å². The second kappa shape index (κ2) is 21.0. The number of fused-ring (bicyclic) bond motifs is 1. The van der Waals surface area contributed by atoms with Crippen LogP contribution in [0.3, 0.4) is 0 Å². The summed E-state index contributed by atoms with van der Waals surface area (Å²) >= 11 is 8.00. The van der Waals surface area contributed by atoms with Crippen LogP contribution >= 0.6 is 31.0 Å². The van der Waals surface area contributed by atoms with Gasteiger partial charge in [0.2, 0.25) is 5.28 Å². The lowest BCUT2D eigenvalue weighted by atomic mass is 9.91. The maximum absolute atomic E-state index is 13.6. The van der Waals surface area contributed by atoms with E-state index >= 15 is 0 Å². The molecule has 2 aromatic heterocycles. The minimum atomic E-state index is -3.34. The Morgan fingerprint density at radius 3 is 2.11 bits per heavy atom. The largest absolute Gasteiger partial charge is 0.491 e. The van der Waals surface area contributed by atoms with Crippen LogP contribution in [0.25, 0.3) is 11.0 Å². The van der Waals surface area contributed by atoms with Crippen LogP contribution in [0.2, 0.25) is 5.28 Å². The Bertz CT molecular complexity index is 1740. The van der Waals surface area contributed by atoms with Gasteiger partial charge in [-0.3, -0.25) is 4.57 Å². The standard InChI is InChI=1S/C39H57ClN5O9PS/c1-8-15-47-16-17-48-18-19-49-20-21-50-22-23-51-31-11-9-29(10-12-31)30-25-44(26-30)35-33-24-41-45(36(33)43-37(40)42-35)34-14-13-32(52-34)27-56-28-55(46,53-38(2,3)4)54-39(5,6)7/h1,9-12,24,30,32,34H,13-23,25-28H2,2-7H3. The molecule has 17 heteroatoms. The average Bonchev–Trinajstić information content (AvgIpc) is 3.74. The molecule has 0 N–H and O–H groups in total. The molecular formula is C39H57ClN5O9PS. The third-order valence-electron chi connectivity index (χ3n) is 8.47. The van der Waals surface area contributed by atoms with Gasteiger partial charge in [0.05, 0.1) is 80.6 Å². The number of nitrogens with zero attached hydrogens (tertiary/aromatic N) is 5. The van der Waals surface area contributed by atoms with Crippen LogP contribution in [-0.2, 0) is 37.3 Å². The zero-order valence-electron chi connectivity index (χ0n) is 33.4. The lowest BCUT2D eigenvalue weighted by Gasteiger charge is -2.40. The molecule has 2 aliphatic heterocycles. The molecule has 0 radical (unpaired) electrons. The van der Waals surface area contributed by atoms with E-state index in [1.165, 1.54) is 17.3 Å². The van der Waals surface area contributed by atoms with Gasteiger partial charge >= 0.3 is 7.60 Å². The summed E-state index contributed by atoms with van der Waals surface area (Å²) in [6.45, 7) is 17.0. The van der Waals surface area contributed by atoms with Gasteiger partial charge in [0.15, 0.2) is 11.9 Å². The molecule has 0 bridgehead atoms. The van der Waals surface area contributed by atoms with Crippen LogP contribution in [-0.4, -0.2) is 121 Å². The number of hydrogen-bond acceptors (Lipinski definition) is 14. The summed E-state index contributed by atoms with van der Waals surface area (Å²) in [5, 5.41) is 5.68. The van der Waals surface area contributed by atoms with Gasteiger partial charge in [0.25, 0.3) is 0 Å². The van der Waals surface area contributed by atoms with E-state index in [4.69, 9.17) is 55.5 Å². The van der Waals surface area contributed by atoms with Crippen molar-refractivity contribution < 1.29 is 42.0 Å². The molecule has 0 aliphatic carbocycles. The van der Waals surface area contributed by atoms with E-state index in [1.54, 1.807) is 6.20 Å². The maximum atomic E-state index is 13.6. The molecule has 3 aromatic rings. The van der Waals surface area contributed by atoms with Gasteiger partial charge in [-0.05, 0) is 83.7 Å². The molecule has 2 unspecified atom stereocenters. The number of hydrogen-bond donors (Lipinski definition) is 0. The van der Waals surface area contributed by atoms with Gasteiger partial charge in [-0.2, -0.15) is 15.1 Å². The summed E-state index contributed by atoms with van der Waals surface area (Å²) in [6, 6.07) is 8.20. The third-order valence-corrected chi connectivity index (χ3v) is 12.9. The van der Waals surface area contributed by atoms with Gasteiger partial charge in [0, 0.05) is 24.8 Å². The van der Waals surface area contributed by atoms with Gasteiger partial charge in [-0.25, -0.2) is 4.68 Å². The molecule has 0 spiro atoms. The first-order valence-electron chi connectivity index (χ1n) is 19.1. The predicted molar refractivity (Wildman–Crippen MR) is 219 cm³/mol. The Hall–Kier alpha value is -2.48. The summed E-state index contributed by atoms with van der Waals surface area (Å²) < 4.78 is 61.2. The Morgan fingerprint density at radius 1 is 0.893 bits per heavy atom. The van der Waals surface area contributed by atoms with E-state index in [-0.39, 0.29) is 23.1 Å². The number of rotatable bonds is 23. The quantitative estimate of drug-likeness (QED) is 0.0407. The summed E-state index contributed by atoms with van der Waals surface area (Å²) in [7, 11) is -3.34. The number of ether oxygens (including phenoxy) is 6. The normalized spacial score (nSPS) is 18.1. The summed E-state index contributed by atoms with van der Waals surface area (Å²) in [6.07, 6.45) is 8.18. The summed E-state index contributed by atoms with van der Waals surface area (Å²) in [4.78, 5) is 11.4. The molecule has 5 rings (SSSR count). The van der Waals surface area contributed by atoms with Crippen LogP contribution in [0.4, 0.5) is 5.82 Å². The Balaban J connectivity index is 1.03. The van der Waals surface area contributed by atoms with Crippen LogP contribution in [0.15, 0.2) is 30.5 Å². The van der Waals surface area contributed by atoms with E-state index in [1.807, 2.05) is 58.4 Å². The topological polar surface area (TPSA) is 138 Å². The molecule has 2 aliphatic rings. The van der Waals surface area contributed by atoms with Crippen molar-refractivity contribution in [2.24, 2.45) is 0 Å². The van der Waals surface area contributed by atoms with E-state index in [0.29, 0.717) is 76.8 Å². The number of halogens is 1. The number of benzene rings is 1. The van der Waals surface area contributed by atoms with Crippen LogP contribution in [0, 0.1) is 12.3 Å². The molecule has 14 nitrogen and oxygen atoms in total. The van der Waals surface area contributed by atoms with E-state index in [2.05, 4.69) is 38.0 Å². The van der Waals surface area contributed by atoms with Crippen molar-refractivity contribution in [3.05, 3.63) is 41.3 Å². The van der Waals surface area contributed by atoms with Gasteiger partial charge in [0.1, 0.15) is 24.8 Å². The number of thioether (sulfide) groups is 1. The highest BCUT2D eigenvalue weighted by molar-refractivity contribution is 8.04.